The summed E-state index contributed by atoms with van der Waals surface area (Å²) in [6.45, 7) is 6.63. The molecule has 1 unspecified atom stereocenters. The van der Waals surface area contributed by atoms with E-state index in [1.54, 1.807) is 0 Å². The number of hydrogen-bond donors (Lipinski definition) is 0. The standard InChI is InChI=1S/C21H35Cl/c1-4-5-6-7-8-9-10-14-17-20(21(2,3)22)18-19-15-12-11-13-16-19/h11-13,15-16,20H,4-10,14,17-18H2,1-3H3. The molecule has 0 nitrogen and oxygen atoms in total. The monoisotopic (exact) mass is 322 g/mol. The molecule has 0 bridgehead atoms. The van der Waals surface area contributed by atoms with Crippen LogP contribution in [-0.2, 0) is 6.42 Å². The van der Waals surface area contributed by atoms with Gasteiger partial charge in [0.25, 0.3) is 0 Å². The molecule has 0 amide bonds. The van der Waals surface area contributed by atoms with Crippen molar-refractivity contribution in [2.45, 2.75) is 89.9 Å². The second-order valence-corrected chi connectivity index (χ2v) is 8.19. The molecule has 126 valence electrons. The summed E-state index contributed by atoms with van der Waals surface area (Å²) in [5, 5.41) is 0. The Morgan fingerprint density at radius 1 is 0.864 bits per heavy atom. The molecule has 0 aliphatic heterocycles. The molecule has 0 aliphatic carbocycles. The van der Waals surface area contributed by atoms with Gasteiger partial charge in [-0.25, -0.2) is 0 Å². The summed E-state index contributed by atoms with van der Waals surface area (Å²) in [6, 6.07) is 10.8. The van der Waals surface area contributed by atoms with E-state index in [9.17, 15) is 0 Å². The molecule has 22 heavy (non-hydrogen) atoms. The first-order chi connectivity index (χ1) is 10.5. The fourth-order valence-electron chi connectivity index (χ4n) is 3.11. The molecule has 1 rings (SSSR count). The minimum atomic E-state index is -0.114. The third-order valence-electron chi connectivity index (χ3n) is 4.70. The predicted octanol–water partition coefficient (Wildman–Crippen LogP) is 7.39. The Balaban J connectivity index is 2.25. The maximum Gasteiger partial charge on any atom is 0.0421 e. The third-order valence-corrected chi connectivity index (χ3v) is 5.01. The van der Waals surface area contributed by atoms with E-state index in [4.69, 9.17) is 11.6 Å². The molecule has 0 spiro atoms. The molecule has 0 aliphatic rings. The van der Waals surface area contributed by atoms with Crippen molar-refractivity contribution in [1.82, 2.24) is 0 Å². The van der Waals surface area contributed by atoms with Crippen molar-refractivity contribution in [3.63, 3.8) is 0 Å². The Morgan fingerprint density at radius 3 is 1.95 bits per heavy atom. The number of rotatable bonds is 12. The third kappa shape index (κ3) is 8.83. The summed E-state index contributed by atoms with van der Waals surface area (Å²) >= 11 is 6.65. The number of alkyl halides is 1. The second-order valence-electron chi connectivity index (χ2n) is 7.21. The van der Waals surface area contributed by atoms with Crippen molar-refractivity contribution in [1.29, 1.82) is 0 Å². The van der Waals surface area contributed by atoms with Gasteiger partial charge in [-0.3, -0.25) is 0 Å². The minimum Gasteiger partial charge on any atom is -0.120 e. The molecule has 0 radical (unpaired) electrons. The first-order valence-corrected chi connectivity index (χ1v) is 9.64. The molecule has 1 heteroatoms. The molecule has 1 atom stereocenters. The smallest absolute Gasteiger partial charge is 0.0421 e. The summed E-state index contributed by atoms with van der Waals surface area (Å²) in [6.07, 6.45) is 13.4. The van der Waals surface area contributed by atoms with Gasteiger partial charge in [0.15, 0.2) is 0 Å². The highest BCUT2D eigenvalue weighted by molar-refractivity contribution is 6.23. The zero-order valence-electron chi connectivity index (χ0n) is 14.9. The van der Waals surface area contributed by atoms with Gasteiger partial charge in [0.2, 0.25) is 0 Å². The first-order valence-electron chi connectivity index (χ1n) is 9.27. The largest absolute Gasteiger partial charge is 0.120 e. The van der Waals surface area contributed by atoms with Crippen LogP contribution in [0.4, 0.5) is 0 Å². The molecule has 0 aromatic heterocycles. The lowest BCUT2D eigenvalue weighted by Crippen LogP contribution is -2.26. The zero-order chi connectivity index (χ0) is 16.3. The fraction of sp³-hybridized carbons (Fsp3) is 0.714. The SMILES string of the molecule is CCCCCCCCCCC(Cc1ccccc1)C(C)(C)Cl. The van der Waals surface area contributed by atoms with Crippen LogP contribution in [0.3, 0.4) is 0 Å². The lowest BCUT2D eigenvalue weighted by Gasteiger charge is -2.29. The Kier molecular flexibility index (Phi) is 9.87. The van der Waals surface area contributed by atoms with Gasteiger partial charge < -0.3 is 0 Å². The molecule has 0 N–H and O–H groups in total. The number of unbranched alkanes of at least 4 members (excludes halogenated alkanes) is 7. The quantitative estimate of drug-likeness (QED) is 0.278. The Morgan fingerprint density at radius 2 is 1.41 bits per heavy atom. The summed E-state index contributed by atoms with van der Waals surface area (Å²) in [7, 11) is 0. The lowest BCUT2D eigenvalue weighted by atomic mass is 9.84. The van der Waals surface area contributed by atoms with Crippen molar-refractivity contribution in [2.75, 3.05) is 0 Å². The van der Waals surface area contributed by atoms with Crippen LogP contribution in [0.25, 0.3) is 0 Å². The van der Waals surface area contributed by atoms with Gasteiger partial charge >= 0.3 is 0 Å². The molecular weight excluding hydrogens is 288 g/mol. The summed E-state index contributed by atoms with van der Waals surface area (Å²) in [4.78, 5) is -0.114. The molecule has 0 fully saturated rings. The summed E-state index contributed by atoms with van der Waals surface area (Å²) in [5.41, 5.74) is 1.42. The average molecular weight is 323 g/mol. The molecule has 0 saturated heterocycles. The van der Waals surface area contributed by atoms with Crippen LogP contribution in [0.1, 0.15) is 84.1 Å². The lowest BCUT2D eigenvalue weighted by molar-refractivity contribution is 0.367. The van der Waals surface area contributed by atoms with Crippen LogP contribution < -0.4 is 0 Å². The highest BCUT2D eigenvalue weighted by atomic mass is 35.5. The van der Waals surface area contributed by atoms with E-state index in [1.165, 1.54) is 63.4 Å². The van der Waals surface area contributed by atoms with E-state index in [1.807, 2.05) is 0 Å². The predicted molar refractivity (Wildman–Crippen MR) is 101 cm³/mol. The first kappa shape index (κ1) is 19.6. The minimum absolute atomic E-state index is 0.114. The maximum atomic E-state index is 6.65. The highest BCUT2D eigenvalue weighted by Crippen LogP contribution is 2.32. The average Bonchev–Trinajstić information content (AvgIpc) is 2.49. The van der Waals surface area contributed by atoms with Gasteiger partial charge in [-0.05, 0) is 38.2 Å². The van der Waals surface area contributed by atoms with Gasteiger partial charge in [0.05, 0.1) is 0 Å². The summed E-state index contributed by atoms with van der Waals surface area (Å²) in [5.74, 6) is 0.566. The number of benzene rings is 1. The van der Waals surface area contributed by atoms with Gasteiger partial charge in [0.1, 0.15) is 0 Å². The van der Waals surface area contributed by atoms with E-state index in [0.29, 0.717) is 5.92 Å². The topological polar surface area (TPSA) is 0 Å². The normalized spacial score (nSPS) is 13.3. The van der Waals surface area contributed by atoms with Crippen LogP contribution in [0.15, 0.2) is 30.3 Å². The van der Waals surface area contributed by atoms with Gasteiger partial charge in [-0.2, -0.15) is 0 Å². The van der Waals surface area contributed by atoms with E-state index in [2.05, 4.69) is 51.1 Å². The van der Waals surface area contributed by atoms with Crippen LogP contribution >= 0.6 is 11.6 Å². The van der Waals surface area contributed by atoms with Crippen molar-refractivity contribution in [2.24, 2.45) is 5.92 Å². The van der Waals surface area contributed by atoms with Gasteiger partial charge in [0, 0.05) is 4.87 Å². The van der Waals surface area contributed by atoms with E-state index >= 15 is 0 Å². The van der Waals surface area contributed by atoms with Crippen molar-refractivity contribution in [3.8, 4) is 0 Å². The van der Waals surface area contributed by atoms with Crippen LogP contribution in [0, 0.1) is 5.92 Å². The van der Waals surface area contributed by atoms with E-state index < -0.39 is 0 Å². The van der Waals surface area contributed by atoms with Crippen LogP contribution in [0.5, 0.6) is 0 Å². The van der Waals surface area contributed by atoms with Crippen LogP contribution in [0.2, 0.25) is 0 Å². The molecule has 1 aromatic carbocycles. The molecule has 0 heterocycles. The maximum absolute atomic E-state index is 6.65. The molecule has 1 aromatic rings. The summed E-state index contributed by atoms with van der Waals surface area (Å²) < 4.78 is 0. The van der Waals surface area contributed by atoms with Gasteiger partial charge in [-0.1, -0.05) is 88.6 Å². The molecule has 0 saturated carbocycles. The Labute approximate surface area is 143 Å². The van der Waals surface area contributed by atoms with Gasteiger partial charge in [-0.15, -0.1) is 11.6 Å². The Bertz CT molecular complexity index is 363. The molecular formula is C21H35Cl. The highest BCUT2D eigenvalue weighted by Gasteiger charge is 2.26. The second kappa shape index (κ2) is 11.1. The van der Waals surface area contributed by atoms with E-state index in [-0.39, 0.29) is 4.87 Å². The Hall–Kier alpha value is -0.490. The number of hydrogen-bond acceptors (Lipinski definition) is 0. The van der Waals surface area contributed by atoms with Crippen molar-refractivity contribution >= 4 is 11.6 Å². The van der Waals surface area contributed by atoms with Crippen LogP contribution in [-0.4, -0.2) is 4.87 Å². The zero-order valence-corrected chi connectivity index (χ0v) is 15.7. The van der Waals surface area contributed by atoms with E-state index in [0.717, 1.165) is 6.42 Å². The fourth-order valence-corrected chi connectivity index (χ4v) is 3.30. The number of halogens is 1. The van der Waals surface area contributed by atoms with Crippen molar-refractivity contribution in [3.05, 3.63) is 35.9 Å². The van der Waals surface area contributed by atoms with Crippen molar-refractivity contribution < 1.29 is 0 Å².